The van der Waals surface area contributed by atoms with Crippen LogP contribution in [0, 0.1) is 0 Å². The second-order valence-corrected chi connectivity index (χ2v) is 14.6. The molecule has 0 unspecified atom stereocenters. The van der Waals surface area contributed by atoms with E-state index in [2.05, 4.69) is 127 Å². The highest BCUT2D eigenvalue weighted by Gasteiger charge is 2.23. The van der Waals surface area contributed by atoms with Gasteiger partial charge in [0.25, 0.3) is 0 Å². The van der Waals surface area contributed by atoms with Crippen molar-refractivity contribution in [3.05, 3.63) is 182 Å². The van der Waals surface area contributed by atoms with Gasteiger partial charge in [-0.25, -0.2) is 15.0 Å². The number of hydrogen-bond acceptors (Lipinski definition) is 5. The van der Waals surface area contributed by atoms with Crippen LogP contribution in [0.1, 0.15) is 0 Å². The largest absolute Gasteiger partial charge is 0.456 e. The molecule has 0 bridgehead atoms. The molecule has 0 N–H and O–H groups in total. The molecule has 5 heteroatoms. The monoisotopic (exact) mass is 726 g/mol. The molecular formula is C52H30N4O. The quantitative estimate of drug-likeness (QED) is 0.177. The van der Waals surface area contributed by atoms with Crippen molar-refractivity contribution in [2.24, 2.45) is 0 Å². The van der Waals surface area contributed by atoms with Gasteiger partial charge >= 0.3 is 0 Å². The Morgan fingerprint density at radius 1 is 0.333 bits per heavy atom. The van der Waals surface area contributed by atoms with Gasteiger partial charge in [-0.1, -0.05) is 146 Å². The van der Waals surface area contributed by atoms with Gasteiger partial charge in [0, 0.05) is 44.6 Å². The number of hydrogen-bond donors (Lipinski definition) is 0. The van der Waals surface area contributed by atoms with Crippen LogP contribution in [0.5, 0.6) is 0 Å². The molecule has 0 radical (unpaired) electrons. The van der Waals surface area contributed by atoms with Crippen LogP contribution in [0.4, 0.5) is 0 Å². The van der Waals surface area contributed by atoms with E-state index in [4.69, 9.17) is 24.4 Å². The first kappa shape index (κ1) is 31.6. The van der Waals surface area contributed by atoms with E-state index in [0.717, 1.165) is 77.2 Å². The van der Waals surface area contributed by atoms with E-state index >= 15 is 0 Å². The maximum atomic E-state index is 6.25. The molecule has 12 rings (SSSR count). The topological polar surface area (TPSA) is 64.7 Å². The minimum absolute atomic E-state index is 0.611. The zero-order chi connectivity index (χ0) is 37.5. The summed E-state index contributed by atoms with van der Waals surface area (Å²) < 4.78 is 6.25. The molecule has 1 aliphatic rings. The number of rotatable bonds is 5. The van der Waals surface area contributed by atoms with Crippen LogP contribution in [0.3, 0.4) is 0 Å². The zero-order valence-electron chi connectivity index (χ0n) is 30.5. The molecule has 11 aromatic rings. The van der Waals surface area contributed by atoms with Crippen molar-refractivity contribution in [2.75, 3.05) is 0 Å². The van der Waals surface area contributed by atoms with E-state index in [1.54, 1.807) is 0 Å². The highest BCUT2D eigenvalue weighted by molar-refractivity contribution is 6.18. The molecular weight excluding hydrogens is 697 g/mol. The molecule has 0 fully saturated rings. The summed E-state index contributed by atoms with van der Waals surface area (Å²) in [6.07, 6.45) is 1.92. The predicted octanol–water partition coefficient (Wildman–Crippen LogP) is 13.5. The Balaban J connectivity index is 0.991. The van der Waals surface area contributed by atoms with E-state index in [1.807, 2.05) is 54.7 Å². The van der Waals surface area contributed by atoms with Crippen molar-refractivity contribution >= 4 is 43.6 Å². The Hall–Kier alpha value is -7.76. The first-order valence-electron chi connectivity index (χ1n) is 19.1. The Morgan fingerprint density at radius 2 is 0.930 bits per heavy atom. The number of nitrogens with zero attached hydrogens (tertiary/aromatic N) is 4. The van der Waals surface area contributed by atoms with Gasteiger partial charge in [-0.2, -0.15) is 0 Å². The molecule has 0 saturated heterocycles. The van der Waals surface area contributed by atoms with Crippen LogP contribution in [0.25, 0.3) is 122 Å². The Labute approximate surface area is 327 Å². The summed E-state index contributed by atoms with van der Waals surface area (Å²) in [6.45, 7) is 0. The molecule has 0 saturated carbocycles. The highest BCUT2D eigenvalue weighted by atomic mass is 16.3. The van der Waals surface area contributed by atoms with Gasteiger partial charge in [-0.3, -0.25) is 4.98 Å². The summed E-state index contributed by atoms with van der Waals surface area (Å²) >= 11 is 0. The predicted molar refractivity (Wildman–Crippen MR) is 232 cm³/mol. The van der Waals surface area contributed by atoms with Crippen molar-refractivity contribution < 1.29 is 4.42 Å². The van der Waals surface area contributed by atoms with Gasteiger partial charge in [0.1, 0.15) is 11.2 Å². The van der Waals surface area contributed by atoms with E-state index in [0.29, 0.717) is 17.5 Å². The van der Waals surface area contributed by atoms with Gasteiger partial charge in [0.05, 0.1) is 5.52 Å². The number of aromatic nitrogens is 4. The van der Waals surface area contributed by atoms with Gasteiger partial charge < -0.3 is 4.42 Å². The lowest BCUT2D eigenvalue weighted by atomic mass is 9.94. The smallest absolute Gasteiger partial charge is 0.164 e. The summed E-state index contributed by atoms with van der Waals surface area (Å²) in [6, 6.07) is 61.3. The van der Waals surface area contributed by atoms with Crippen LogP contribution in [-0.2, 0) is 0 Å². The Morgan fingerprint density at radius 3 is 1.79 bits per heavy atom. The molecule has 3 aromatic heterocycles. The van der Waals surface area contributed by atoms with Crippen molar-refractivity contribution in [1.29, 1.82) is 0 Å². The maximum Gasteiger partial charge on any atom is 0.164 e. The molecule has 1 aliphatic carbocycles. The summed E-state index contributed by atoms with van der Waals surface area (Å²) in [5.74, 6) is 1.85. The molecule has 264 valence electrons. The third-order valence-electron chi connectivity index (χ3n) is 11.3. The fraction of sp³-hybridized carbons (Fsp3) is 0. The SMILES string of the molecule is c1ccc(-c2nc(-c3cccc(-c4ccc5c6c(ccnc46)-c4ccccc4-5)c3)nc(-c3ccc4c(-c5cccc6oc7ccccc7c56)cccc4c3)n2)cc1. The Bertz CT molecular complexity index is 3390. The molecule has 0 spiro atoms. The average Bonchev–Trinajstić information content (AvgIpc) is 3.83. The third-order valence-corrected chi connectivity index (χ3v) is 11.3. The number of para-hydroxylation sites is 1. The van der Waals surface area contributed by atoms with Crippen molar-refractivity contribution in [2.45, 2.75) is 0 Å². The Kier molecular flexibility index (Phi) is 6.86. The van der Waals surface area contributed by atoms with Crippen LogP contribution in [0.2, 0.25) is 0 Å². The lowest BCUT2D eigenvalue weighted by Crippen LogP contribution is -2.00. The van der Waals surface area contributed by atoms with Gasteiger partial charge in [0.15, 0.2) is 17.5 Å². The lowest BCUT2D eigenvalue weighted by molar-refractivity contribution is 0.669. The molecule has 57 heavy (non-hydrogen) atoms. The average molecular weight is 727 g/mol. The summed E-state index contributed by atoms with van der Waals surface area (Å²) in [4.78, 5) is 20.3. The highest BCUT2D eigenvalue weighted by Crippen LogP contribution is 2.48. The fourth-order valence-electron chi connectivity index (χ4n) is 8.74. The van der Waals surface area contributed by atoms with Crippen LogP contribution >= 0.6 is 0 Å². The normalized spacial score (nSPS) is 11.9. The van der Waals surface area contributed by atoms with Crippen molar-refractivity contribution in [3.63, 3.8) is 0 Å². The number of pyridine rings is 1. The van der Waals surface area contributed by atoms with Gasteiger partial charge in [-0.05, 0) is 80.0 Å². The number of furan rings is 1. The van der Waals surface area contributed by atoms with Crippen molar-refractivity contribution in [1.82, 2.24) is 19.9 Å². The van der Waals surface area contributed by atoms with Gasteiger partial charge in [0.2, 0.25) is 0 Å². The third kappa shape index (κ3) is 4.96. The number of benzene rings is 8. The first-order chi connectivity index (χ1) is 28.2. The first-order valence-corrected chi connectivity index (χ1v) is 19.1. The molecule has 5 nitrogen and oxygen atoms in total. The standard InChI is InChI=1S/C52H30N4O/c1-2-11-31(12-3-1)50-54-51(34-15-8-13-33(30-34)37-25-26-42-39-16-4-5-17-40(39)43-27-28-53-49(37)48(42)43)56-52(55-50)35-23-24-36-32(29-35)14-9-19-38(36)41-20-10-22-46-47(41)44-18-6-7-21-45(44)57-46/h1-30H. The molecule has 0 amide bonds. The number of fused-ring (bicyclic) bond motifs is 7. The van der Waals surface area contributed by atoms with Crippen LogP contribution in [-0.4, -0.2) is 19.9 Å². The summed E-state index contributed by atoms with van der Waals surface area (Å²) in [5.41, 5.74) is 14.9. The van der Waals surface area contributed by atoms with Crippen LogP contribution in [0.15, 0.2) is 187 Å². The minimum Gasteiger partial charge on any atom is -0.456 e. The van der Waals surface area contributed by atoms with E-state index in [9.17, 15) is 0 Å². The zero-order valence-corrected chi connectivity index (χ0v) is 30.5. The molecule has 0 atom stereocenters. The van der Waals surface area contributed by atoms with E-state index in [-0.39, 0.29) is 0 Å². The van der Waals surface area contributed by atoms with E-state index < -0.39 is 0 Å². The fourth-order valence-corrected chi connectivity index (χ4v) is 8.74. The van der Waals surface area contributed by atoms with Crippen LogP contribution < -0.4 is 0 Å². The molecule has 3 heterocycles. The summed E-state index contributed by atoms with van der Waals surface area (Å²) in [5, 5.41) is 5.68. The molecule has 8 aromatic carbocycles. The molecule has 0 aliphatic heterocycles. The second kappa shape index (κ2) is 12.4. The minimum atomic E-state index is 0.611. The van der Waals surface area contributed by atoms with Crippen molar-refractivity contribution in [3.8, 4) is 78.7 Å². The maximum absolute atomic E-state index is 6.25. The van der Waals surface area contributed by atoms with E-state index in [1.165, 1.54) is 27.6 Å². The second-order valence-electron chi connectivity index (χ2n) is 14.6. The summed E-state index contributed by atoms with van der Waals surface area (Å²) in [7, 11) is 0. The lowest BCUT2D eigenvalue weighted by Gasteiger charge is -2.12. The van der Waals surface area contributed by atoms with Gasteiger partial charge in [-0.15, -0.1) is 0 Å².